The Hall–Kier alpha value is -3.08. The molecule has 1 heterocycles. The van der Waals surface area contributed by atoms with Crippen molar-refractivity contribution in [3.8, 4) is 5.75 Å². The first-order chi connectivity index (χ1) is 12.2. The molecule has 0 atom stereocenters. The van der Waals surface area contributed by atoms with Crippen LogP contribution in [-0.2, 0) is 17.8 Å². The van der Waals surface area contributed by atoms with E-state index in [4.69, 9.17) is 9.72 Å². The number of hydrogen-bond donors (Lipinski definition) is 1. The molecule has 0 fully saturated rings. The number of ether oxygens (including phenoxy) is 1. The maximum Gasteiger partial charge on any atom is 0.243 e. The summed E-state index contributed by atoms with van der Waals surface area (Å²) in [6.07, 6.45) is 1.92. The van der Waals surface area contributed by atoms with Gasteiger partial charge in [0, 0.05) is 18.5 Å². The third-order valence-corrected chi connectivity index (χ3v) is 4.09. The Labute approximate surface area is 146 Å². The minimum absolute atomic E-state index is 0.174. The van der Waals surface area contributed by atoms with E-state index in [1.54, 1.807) is 7.11 Å². The monoisotopic (exact) mass is 335 g/mol. The maximum absolute atomic E-state index is 11.4. The molecule has 1 aromatic heterocycles. The lowest BCUT2D eigenvalue weighted by Gasteiger charge is -2.12. The van der Waals surface area contributed by atoms with Crippen molar-refractivity contribution in [2.24, 2.45) is 0 Å². The van der Waals surface area contributed by atoms with Gasteiger partial charge in [-0.2, -0.15) is 0 Å². The lowest BCUT2D eigenvalue weighted by Crippen LogP contribution is -2.24. The fraction of sp³-hybridized carbons (Fsp3) is 0.200. The van der Waals surface area contributed by atoms with Gasteiger partial charge < -0.3 is 14.6 Å². The van der Waals surface area contributed by atoms with Crippen molar-refractivity contribution >= 4 is 16.9 Å². The third-order valence-electron chi connectivity index (χ3n) is 4.09. The quantitative estimate of drug-likeness (QED) is 0.676. The van der Waals surface area contributed by atoms with Crippen LogP contribution in [0, 0.1) is 0 Å². The summed E-state index contributed by atoms with van der Waals surface area (Å²) in [5.74, 6) is 1.61. The summed E-state index contributed by atoms with van der Waals surface area (Å²) in [4.78, 5) is 16.1. The van der Waals surface area contributed by atoms with Crippen LogP contribution in [-0.4, -0.2) is 29.1 Å². The minimum Gasteiger partial charge on any atom is -0.496 e. The molecular formula is C20H21N3O2. The highest BCUT2D eigenvalue weighted by Crippen LogP contribution is 2.23. The van der Waals surface area contributed by atoms with Crippen LogP contribution in [0.5, 0.6) is 5.75 Å². The van der Waals surface area contributed by atoms with Crippen molar-refractivity contribution in [3.63, 3.8) is 0 Å². The second-order valence-electron chi connectivity index (χ2n) is 5.66. The van der Waals surface area contributed by atoms with Crippen LogP contribution < -0.4 is 10.1 Å². The van der Waals surface area contributed by atoms with Gasteiger partial charge in [0.1, 0.15) is 11.6 Å². The predicted molar refractivity (Wildman–Crippen MR) is 98.7 cm³/mol. The lowest BCUT2D eigenvalue weighted by atomic mass is 10.2. The molecule has 0 spiro atoms. The molecule has 3 aromatic rings. The maximum atomic E-state index is 11.4. The van der Waals surface area contributed by atoms with Crippen molar-refractivity contribution in [1.29, 1.82) is 0 Å². The average molecular weight is 335 g/mol. The van der Waals surface area contributed by atoms with E-state index in [0.29, 0.717) is 19.5 Å². The lowest BCUT2D eigenvalue weighted by molar-refractivity contribution is -0.116. The van der Waals surface area contributed by atoms with E-state index in [1.807, 2.05) is 36.4 Å². The first kappa shape index (κ1) is 16.8. The normalized spacial score (nSPS) is 10.6. The number of nitrogens with one attached hydrogen (secondary N) is 1. The fourth-order valence-corrected chi connectivity index (χ4v) is 2.87. The van der Waals surface area contributed by atoms with Crippen molar-refractivity contribution in [2.75, 3.05) is 13.7 Å². The Kier molecular flexibility index (Phi) is 5.14. The average Bonchev–Trinajstić information content (AvgIpc) is 2.99. The SMILES string of the molecule is C=CC(=O)NCCc1nc2ccccc2n1Cc1ccccc1OC. The van der Waals surface area contributed by atoms with E-state index in [9.17, 15) is 4.79 Å². The summed E-state index contributed by atoms with van der Waals surface area (Å²) in [5.41, 5.74) is 3.10. The molecule has 0 radical (unpaired) electrons. The second kappa shape index (κ2) is 7.66. The van der Waals surface area contributed by atoms with E-state index in [1.165, 1.54) is 6.08 Å². The van der Waals surface area contributed by atoms with E-state index >= 15 is 0 Å². The van der Waals surface area contributed by atoms with E-state index in [2.05, 4.69) is 28.6 Å². The van der Waals surface area contributed by atoms with E-state index in [-0.39, 0.29) is 5.91 Å². The number of nitrogens with zero attached hydrogens (tertiary/aromatic N) is 2. The number of methoxy groups -OCH3 is 1. The molecule has 0 bridgehead atoms. The molecule has 0 aliphatic heterocycles. The minimum atomic E-state index is -0.174. The zero-order valence-corrected chi connectivity index (χ0v) is 14.2. The van der Waals surface area contributed by atoms with Gasteiger partial charge in [-0.05, 0) is 24.3 Å². The largest absolute Gasteiger partial charge is 0.496 e. The number of carbonyl (C=O) groups is 1. The number of hydrogen-bond acceptors (Lipinski definition) is 3. The molecule has 5 nitrogen and oxygen atoms in total. The van der Waals surface area contributed by atoms with Gasteiger partial charge in [-0.25, -0.2) is 4.98 Å². The van der Waals surface area contributed by atoms with Crippen LogP contribution in [0.2, 0.25) is 0 Å². The zero-order chi connectivity index (χ0) is 17.6. The van der Waals surface area contributed by atoms with Gasteiger partial charge >= 0.3 is 0 Å². The molecule has 2 aromatic carbocycles. The molecule has 0 aliphatic rings. The summed E-state index contributed by atoms with van der Waals surface area (Å²) < 4.78 is 7.65. The molecule has 25 heavy (non-hydrogen) atoms. The van der Waals surface area contributed by atoms with Gasteiger partial charge in [-0.1, -0.05) is 36.9 Å². The summed E-state index contributed by atoms with van der Waals surface area (Å²) in [6.45, 7) is 4.64. The van der Waals surface area contributed by atoms with E-state index in [0.717, 1.165) is 28.2 Å². The topological polar surface area (TPSA) is 56.2 Å². The molecule has 0 saturated carbocycles. The van der Waals surface area contributed by atoms with Crippen LogP contribution in [0.25, 0.3) is 11.0 Å². The van der Waals surface area contributed by atoms with Gasteiger partial charge in [-0.3, -0.25) is 4.79 Å². The summed E-state index contributed by atoms with van der Waals surface area (Å²) in [6, 6.07) is 16.0. The summed E-state index contributed by atoms with van der Waals surface area (Å²) >= 11 is 0. The number of para-hydroxylation sites is 3. The van der Waals surface area contributed by atoms with Crippen molar-refractivity contribution in [2.45, 2.75) is 13.0 Å². The van der Waals surface area contributed by atoms with Gasteiger partial charge in [0.2, 0.25) is 5.91 Å². The van der Waals surface area contributed by atoms with Crippen LogP contribution in [0.3, 0.4) is 0 Å². The third kappa shape index (κ3) is 3.71. The predicted octanol–water partition coefficient (Wildman–Crippen LogP) is 2.94. The molecule has 0 aliphatic carbocycles. The van der Waals surface area contributed by atoms with Crippen LogP contribution in [0.15, 0.2) is 61.2 Å². The van der Waals surface area contributed by atoms with Crippen molar-refractivity contribution in [1.82, 2.24) is 14.9 Å². The molecule has 128 valence electrons. The van der Waals surface area contributed by atoms with Gasteiger partial charge in [0.25, 0.3) is 0 Å². The number of carbonyl (C=O) groups excluding carboxylic acids is 1. The highest BCUT2D eigenvalue weighted by atomic mass is 16.5. The molecule has 0 unspecified atom stereocenters. The number of imidazole rings is 1. The first-order valence-electron chi connectivity index (χ1n) is 8.19. The Morgan fingerprint density at radius 2 is 2.00 bits per heavy atom. The molecular weight excluding hydrogens is 314 g/mol. The standard InChI is InChI=1S/C20H21N3O2/c1-3-20(24)21-13-12-19-22-16-9-5-6-10-17(16)23(19)14-15-8-4-7-11-18(15)25-2/h3-11H,1,12-14H2,2H3,(H,21,24). The van der Waals surface area contributed by atoms with Gasteiger partial charge in [0.15, 0.2) is 0 Å². The van der Waals surface area contributed by atoms with Crippen LogP contribution in [0.1, 0.15) is 11.4 Å². The summed E-state index contributed by atoms with van der Waals surface area (Å²) in [7, 11) is 1.68. The number of fused-ring (bicyclic) bond motifs is 1. The molecule has 1 N–H and O–H groups in total. The van der Waals surface area contributed by atoms with Crippen LogP contribution >= 0.6 is 0 Å². The Bertz CT molecular complexity index is 899. The van der Waals surface area contributed by atoms with Gasteiger partial charge in [0.05, 0.1) is 24.7 Å². The zero-order valence-electron chi connectivity index (χ0n) is 14.2. The van der Waals surface area contributed by atoms with Crippen molar-refractivity contribution < 1.29 is 9.53 Å². The smallest absolute Gasteiger partial charge is 0.243 e. The highest BCUT2D eigenvalue weighted by Gasteiger charge is 2.12. The van der Waals surface area contributed by atoms with Crippen molar-refractivity contribution in [3.05, 3.63) is 72.6 Å². The number of aromatic nitrogens is 2. The van der Waals surface area contributed by atoms with Gasteiger partial charge in [-0.15, -0.1) is 0 Å². The number of amides is 1. The Morgan fingerprint density at radius 1 is 1.24 bits per heavy atom. The number of benzene rings is 2. The Morgan fingerprint density at radius 3 is 2.80 bits per heavy atom. The second-order valence-corrected chi connectivity index (χ2v) is 5.66. The molecule has 5 heteroatoms. The highest BCUT2D eigenvalue weighted by molar-refractivity contribution is 5.86. The first-order valence-corrected chi connectivity index (χ1v) is 8.19. The molecule has 1 amide bonds. The molecule has 3 rings (SSSR count). The fourth-order valence-electron chi connectivity index (χ4n) is 2.87. The number of rotatable bonds is 7. The Balaban J connectivity index is 1.92. The summed E-state index contributed by atoms with van der Waals surface area (Å²) in [5, 5.41) is 2.80. The van der Waals surface area contributed by atoms with E-state index < -0.39 is 0 Å². The molecule has 0 saturated heterocycles. The van der Waals surface area contributed by atoms with Crippen LogP contribution in [0.4, 0.5) is 0 Å².